The molecule has 4 nitrogen and oxygen atoms in total. The Morgan fingerprint density at radius 3 is 2.65 bits per heavy atom. The molecular formula is C21H15BrN2O2. The summed E-state index contributed by atoms with van der Waals surface area (Å²) in [6.07, 6.45) is 3.24. The standard InChI is InChI=1S/C21H15BrN2O2/c1-14-5-2-6-15(11-14)20-23-19(13-18-9-4-10-26-18)21(25)24(20)17-8-3-7-16(22)12-17/h2-13H,1H3/b19-13+. The van der Waals surface area contributed by atoms with Gasteiger partial charge < -0.3 is 4.42 Å². The second kappa shape index (κ2) is 6.77. The van der Waals surface area contributed by atoms with Crippen molar-refractivity contribution in [2.24, 2.45) is 4.99 Å². The van der Waals surface area contributed by atoms with Gasteiger partial charge in [0.25, 0.3) is 5.91 Å². The maximum atomic E-state index is 13.1. The highest BCUT2D eigenvalue weighted by atomic mass is 79.9. The van der Waals surface area contributed by atoms with Crippen LogP contribution in [0.15, 0.2) is 86.5 Å². The van der Waals surface area contributed by atoms with Gasteiger partial charge in [-0.2, -0.15) is 0 Å². The first kappa shape index (κ1) is 16.5. The van der Waals surface area contributed by atoms with Gasteiger partial charge in [0.2, 0.25) is 0 Å². The predicted octanol–water partition coefficient (Wildman–Crippen LogP) is 5.19. The van der Waals surface area contributed by atoms with Crippen LogP contribution >= 0.6 is 15.9 Å². The summed E-state index contributed by atoms with van der Waals surface area (Å²) >= 11 is 3.47. The maximum absolute atomic E-state index is 13.1. The number of carbonyl (C=O) groups excluding carboxylic acids is 1. The van der Waals surface area contributed by atoms with E-state index in [0.29, 0.717) is 17.3 Å². The summed E-state index contributed by atoms with van der Waals surface area (Å²) in [5.41, 5.74) is 3.10. The van der Waals surface area contributed by atoms with Gasteiger partial charge in [-0.15, -0.1) is 0 Å². The molecule has 0 saturated carbocycles. The van der Waals surface area contributed by atoms with Gasteiger partial charge in [0, 0.05) is 16.1 Å². The Morgan fingerprint density at radius 1 is 1.08 bits per heavy atom. The molecule has 0 spiro atoms. The number of hydrogen-bond donors (Lipinski definition) is 0. The number of rotatable bonds is 3. The summed E-state index contributed by atoms with van der Waals surface area (Å²) in [4.78, 5) is 19.4. The minimum absolute atomic E-state index is 0.184. The van der Waals surface area contributed by atoms with E-state index in [1.165, 1.54) is 0 Å². The van der Waals surface area contributed by atoms with Crippen LogP contribution in [0.5, 0.6) is 0 Å². The van der Waals surface area contributed by atoms with Crippen LogP contribution in [-0.4, -0.2) is 11.7 Å². The molecule has 2 heterocycles. The molecule has 1 aromatic heterocycles. The fourth-order valence-electron chi connectivity index (χ4n) is 2.86. The summed E-state index contributed by atoms with van der Waals surface area (Å²) in [6, 6.07) is 19.2. The molecule has 1 aliphatic rings. The molecule has 0 atom stereocenters. The lowest BCUT2D eigenvalue weighted by atomic mass is 10.1. The van der Waals surface area contributed by atoms with Crippen molar-refractivity contribution in [2.45, 2.75) is 6.92 Å². The summed E-state index contributed by atoms with van der Waals surface area (Å²) < 4.78 is 6.24. The second-order valence-corrected chi connectivity index (χ2v) is 6.89. The molecule has 0 saturated heterocycles. The van der Waals surface area contributed by atoms with Crippen LogP contribution in [-0.2, 0) is 4.79 Å². The summed E-state index contributed by atoms with van der Waals surface area (Å²) in [6.45, 7) is 2.02. The number of amides is 1. The highest BCUT2D eigenvalue weighted by molar-refractivity contribution is 9.10. The van der Waals surface area contributed by atoms with Gasteiger partial charge in [0.15, 0.2) is 0 Å². The van der Waals surface area contributed by atoms with Crippen molar-refractivity contribution in [2.75, 3.05) is 4.90 Å². The number of hydrogen-bond acceptors (Lipinski definition) is 3. The van der Waals surface area contributed by atoms with E-state index >= 15 is 0 Å². The summed E-state index contributed by atoms with van der Waals surface area (Å²) in [5.74, 6) is 1.02. The van der Waals surface area contributed by atoms with E-state index in [2.05, 4.69) is 20.9 Å². The lowest BCUT2D eigenvalue weighted by Gasteiger charge is -2.19. The molecule has 1 aliphatic heterocycles. The van der Waals surface area contributed by atoms with E-state index in [1.807, 2.05) is 55.5 Å². The third kappa shape index (κ3) is 3.13. The normalized spacial score (nSPS) is 15.6. The van der Waals surface area contributed by atoms with Gasteiger partial charge in [-0.1, -0.05) is 45.8 Å². The molecule has 128 valence electrons. The Hall–Kier alpha value is -2.92. The van der Waals surface area contributed by atoms with Gasteiger partial charge in [0.05, 0.1) is 12.0 Å². The van der Waals surface area contributed by atoms with Gasteiger partial charge in [-0.25, -0.2) is 4.99 Å². The molecule has 0 radical (unpaired) electrons. The molecule has 3 aromatic rings. The Labute approximate surface area is 159 Å². The highest BCUT2D eigenvalue weighted by Gasteiger charge is 2.32. The van der Waals surface area contributed by atoms with E-state index < -0.39 is 0 Å². The van der Waals surface area contributed by atoms with Crippen molar-refractivity contribution < 1.29 is 9.21 Å². The summed E-state index contributed by atoms with van der Waals surface area (Å²) in [5, 5.41) is 0. The smallest absolute Gasteiger partial charge is 0.282 e. The Kier molecular flexibility index (Phi) is 4.31. The Bertz CT molecular complexity index is 1040. The fraction of sp³-hybridized carbons (Fsp3) is 0.0476. The number of aryl methyl sites for hydroxylation is 1. The quantitative estimate of drug-likeness (QED) is 0.562. The number of benzene rings is 2. The number of halogens is 1. The zero-order valence-corrected chi connectivity index (χ0v) is 15.6. The number of carbonyl (C=O) groups is 1. The van der Waals surface area contributed by atoms with Gasteiger partial charge in [0.1, 0.15) is 17.3 Å². The van der Waals surface area contributed by atoms with Crippen LogP contribution in [0, 0.1) is 6.92 Å². The van der Waals surface area contributed by atoms with Crippen LogP contribution in [0.3, 0.4) is 0 Å². The number of anilines is 1. The van der Waals surface area contributed by atoms with Crippen LogP contribution < -0.4 is 4.90 Å². The first-order chi connectivity index (χ1) is 12.6. The monoisotopic (exact) mass is 406 g/mol. The molecule has 5 heteroatoms. The number of furan rings is 1. The lowest BCUT2D eigenvalue weighted by molar-refractivity contribution is -0.113. The number of aliphatic imine (C=N–C) groups is 1. The summed E-state index contributed by atoms with van der Waals surface area (Å²) in [7, 11) is 0. The van der Waals surface area contributed by atoms with Crippen LogP contribution in [0.1, 0.15) is 16.9 Å². The molecule has 0 N–H and O–H groups in total. The molecule has 4 rings (SSSR count). The fourth-order valence-corrected chi connectivity index (χ4v) is 3.24. The maximum Gasteiger partial charge on any atom is 0.282 e. The van der Waals surface area contributed by atoms with E-state index in [-0.39, 0.29) is 5.91 Å². The molecule has 0 fully saturated rings. The first-order valence-electron chi connectivity index (χ1n) is 8.13. The zero-order chi connectivity index (χ0) is 18.1. The van der Waals surface area contributed by atoms with Gasteiger partial charge in [-0.3, -0.25) is 9.69 Å². The SMILES string of the molecule is Cc1cccc(C2=N/C(=C/c3ccco3)C(=O)N2c2cccc(Br)c2)c1. The minimum Gasteiger partial charge on any atom is -0.465 e. The van der Waals surface area contributed by atoms with Crippen molar-refractivity contribution in [3.8, 4) is 0 Å². The first-order valence-corrected chi connectivity index (χ1v) is 8.92. The molecule has 0 aliphatic carbocycles. The number of nitrogens with zero attached hydrogens (tertiary/aromatic N) is 2. The molecule has 1 amide bonds. The predicted molar refractivity (Wildman–Crippen MR) is 106 cm³/mol. The topological polar surface area (TPSA) is 45.8 Å². The average molecular weight is 407 g/mol. The van der Waals surface area contributed by atoms with Crippen LogP contribution in [0.2, 0.25) is 0 Å². The minimum atomic E-state index is -0.184. The molecule has 2 aromatic carbocycles. The van der Waals surface area contributed by atoms with Crippen molar-refractivity contribution in [3.63, 3.8) is 0 Å². The third-order valence-electron chi connectivity index (χ3n) is 4.03. The van der Waals surface area contributed by atoms with Gasteiger partial charge >= 0.3 is 0 Å². The number of amidine groups is 1. The third-order valence-corrected chi connectivity index (χ3v) is 4.52. The highest BCUT2D eigenvalue weighted by Crippen LogP contribution is 2.29. The van der Waals surface area contributed by atoms with Crippen LogP contribution in [0.25, 0.3) is 6.08 Å². The largest absolute Gasteiger partial charge is 0.465 e. The van der Waals surface area contributed by atoms with Crippen molar-refractivity contribution in [1.82, 2.24) is 0 Å². The molecule has 0 bridgehead atoms. The second-order valence-electron chi connectivity index (χ2n) is 5.97. The molecular weight excluding hydrogens is 392 g/mol. The molecule has 26 heavy (non-hydrogen) atoms. The average Bonchev–Trinajstić information content (AvgIpc) is 3.24. The van der Waals surface area contributed by atoms with Crippen LogP contribution in [0.4, 0.5) is 5.69 Å². The van der Waals surface area contributed by atoms with E-state index in [0.717, 1.165) is 21.3 Å². The lowest BCUT2D eigenvalue weighted by Crippen LogP contribution is -2.32. The van der Waals surface area contributed by atoms with Crippen molar-refractivity contribution in [1.29, 1.82) is 0 Å². The molecule has 0 unspecified atom stereocenters. The Morgan fingerprint density at radius 2 is 1.92 bits per heavy atom. The zero-order valence-electron chi connectivity index (χ0n) is 14.0. The van der Waals surface area contributed by atoms with E-state index in [9.17, 15) is 4.79 Å². The Balaban J connectivity index is 1.85. The van der Waals surface area contributed by atoms with E-state index in [1.54, 1.807) is 29.4 Å². The van der Waals surface area contributed by atoms with E-state index in [4.69, 9.17) is 4.42 Å². The van der Waals surface area contributed by atoms with Gasteiger partial charge in [-0.05, 0) is 43.3 Å². The van der Waals surface area contributed by atoms with Crippen molar-refractivity contribution in [3.05, 3.63) is 94.0 Å². The van der Waals surface area contributed by atoms with Crippen molar-refractivity contribution >= 4 is 39.4 Å².